The van der Waals surface area contributed by atoms with Crippen molar-refractivity contribution in [2.24, 2.45) is 5.92 Å². The third kappa shape index (κ3) is 6.54. The molecule has 0 bridgehead atoms. The van der Waals surface area contributed by atoms with Crippen LogP contribution in [0, 0.1) is 5.92 Å². The van der Waals surface area contributed by atoms with Gasteiger partial charge in [-0.3, -0.25) is 4.57 Å². The van der Waals surface area contributed by atoms with Crippen molar-refractivity contribution in [3.8, 4) is 0 Å². The molecule has 1 saturated carbocycles. The predicted molar refractivity (Wildman–Crippen MR) is 147 cm³/mol. The Balaban J connectivity index is 0.000000162. The van der Waals surface area contributed by atoms with E-state index in [-0.39, 0.29) is 30.3 Å². The maximum atomic E-state index is 10.7. The zero-order chi connectivity index (χ0) is 28.4. The average molecular weight is 574 g/mol. The summed E-state index contributed by atoms with van der Waals surface area (Å²) in [5.74, 6) is 1.47. The molecule has 0 spiro atoms. The van der Waals surface area contributed by atoms with Crippen LogP contribution < -0.4 is 16.8 Å². The van der Waals surface area contributed by atoms with Crippen LogP contribution in [-0.2, 0) is 15.8 Å². The number of nitrogens with zero attached hydrogens (tertiary/aromatic N) is 8. The van der Waals surface area contributed by atoms with Gasteiger partial charge in [0.2, 0.25) is 5.95 Å². The number of nitrogens with two attached hydrogens (primary N) is 2. The standard InChI is InChI=1S/C14H18N6O.C9H14N5O4P/c15-14-18-12(17-9-2-3-9)11-13(19-14)20(7-16-11)10-4-1-8(5-10)6-21;1-6(18-5-19(15,16)17)2-14-4-13-7-8(10)11-3-12-9(7)14/h1,4,7-10,21H,2-3,5-6H2,(H3,15,17,18,19);3-4,6H,2,5H2,1H3,(H2,10,11,12)(H2,15,16,17)/t8-,10+;6-/m11/s1. The highest BCUT2D eigenvalue weighted by molar-refractivity contribution is 7.51. The average Bonchev–Trinajstić information content (AvgIpc) is 3.27. The van der Waals surface area contributed by atoms with Gasteiger partial charge in [0.25, 0.3) is 0 Å². The van der Waals surface area contributed by atoms with Crippen LogP contribution in [0.2, 0.25) is 0 Å². The fraction of sp³-hybridized carbons (Fsp3) is 0.478. The van der Waals surface area contributed by atoms with Crippen LogP contribution in [-0.4, -0.2) is 79.0 Å². The molecule has 17 heteroatoms. The summed E-state index contributed by atoms with van der Waals surface area (Å²) in [6.07, 6.45) is 11.0. The van der Waals surface area contributed by atoms with Crippen LogP contribution in [0.4, 0.5) is 17.6 Å². The molecule has 3 atom stereocenters. The predicted octanol–water partition coefficient (Wildman–Crippen LogP) is 1.04. The molecule has 6 rings (SSSR count). The van der Waals surface area contributed by atoms with Crippen LogP contribution in [0.15, 0.2) is 31.1 Å². The van der Waals surface area contributed by atoms with Gasteiger partial charge in [-0.15, -0.1) is 0 Å². The van der Waals surface area contributed by atoms with E-state index in [1.807, 2.05) is 10.6 Å². The first kappa shape index (κ1) is 27.9. The summed E-state index contributed by atoms with van der Waals surface area (Å²) >= 11 is 0. The first-order chi connectivity index (χ1) is 19.1. The molecule has 8 N–H and O–H groups in total. The van der Waals surface area contributed by atoms with Gasteiger partial charge in [0, 0.05) is 18.6 Å². The fourth-order valence-corrected chi connectivity index (χ4v) is 4.83. The van der Waals surface area contributed by atoms with E-state index >= 15 is 0 Å². The largest absolute Gasteiger partial charge is 0.396 e. The lowest BCUT2D eigenvalue weighted by molar-refractivity contribution is 0.0764. The minimum absolute atomic E-state index is 0.162. The van der Waals surface area contributed by atoms with E-state index in [1.54, 1.807) is 17.8 Å². The maximum absolute atomic E-state index is 10.7. The molecule has 4 aromatic rings. The van der Waals surface area contributed by atoms with Crippen molar-refractivity contribution in [1.82, 2.24) is 39.0 Å². The molecule has 0 saturated heterocycles. The normalized spacial score (nSPS) is 19.6. The molecule has 0 aromatic carbocycles. The first-order valence-electron chi connectivity index (χ1n) is 12.7. The Morgan fingerprint density at radius 2 is 1.88 bits per heavy atom. The number of ether oxygens (including phenoxy) is 1. The Labute approximate surface area is 228 Å². The van der Waals surface area contributed by atoms with E-state index in [1.165, 1.54) is 12.7 Å². The Hall–Kier alpha value is -3.69. The highest BCUT2D eigenvalue weighted by atomic mass is 31.2. The van der Waals surface area contributed by atoms with Crippen LogP contribution in [0.1, 0.15) is 32.2 Å². The lowest BCUT2D eigenvalue weighted by atomic mass is 10.1. The summed E-state index contributed by atoms with van der Waals surface area (Å²) < 4.78 is 19.5. The number of hydrogen-bond donors (Lipinski definition) is 6. The van der Waals surface area contributed by atoms with Gasteiger partial charge in [0.05, 0.1) is 31.3 Å². The number of anilines is 3. The number of hydrogen-bond acceptors (Lipinski definition) is 12. The molecule has 4 aromatic heterocycles. The number of nitrogens with one attached hydrogen (secondary N) is 1. The van der Waals surface area contributed by atoms with Crippen molar-refractivity contribution >= 4 is 47.5 Å². The van der Waals surface area contributed by atoms with Gasteiger partial charge in [-0.25, -0.2) is 19.9 Å². The van der Waals surface area contributed by atoms with Crippen molar-refractivity contribution in [1.29, 1.82) is 0 Å². The van der Waals surface area contributed by atoms with Crippen molar-refractivity contribution < 1.29 is 24.2 Å². The van der Waals surface area contributed by atoms with E-state index in [0.29, 0.717) is 23.8 Å². The lowest BCUT2D eigenvalue weighted by Gasteiger charge is -2.14. The molecule has 16 nitrogen and oxygen atoms in total. The number of imidazole rings is 2. The molecule has 2 aliphatic carbocycles. The molecule has 40 heavy (non-hydrogen) atoms. The Morgan fingerprint density at radius 1 is 1.10 bits per heavy atom. The van der Waals surface area contributed by atoms with Gasteiger partial charge < -0.3 is 45.5 Å². The van der Waals surface area contributed by atoms with Gasteiger partial charge in [-0.1, -0.05) is 12.2 Å². The number of nitrogen functional groups attached to an aromatic ring is 2. The summed E-state index contributed by atoms with van der Waals surface area (Å²) in [4.78, 5) is 42.5. The summed E-state index contributed by atoms with van der Waals surface area (Å²) in [6.45, 7) is 2.23. The van der Waals surface area contributed by atoms with Crippen LogP contribution in [0.3, 0.4) is 0 Å². The van der Waals surface area contributed by atoms with E-state index in [0.717, 1.165) is 36.2 Å². The van der Waals surface area contributed by atoms with Crippen LogP contribution in [0.5, 0.6) is 0 Å². The second kappa shape index (κ2) is 11.4. The van der Waals surface area contributed by atoms with E-state index < -0.39 is 20.0 Å². The lowest BCUT2D eigenvalue weighted by Crippen LogP contribution is -2.17. The van der Waals surface area contributed by atoms with E-state index in [9.17, 15) is 9.67 Å². The molecule has 1 fully saturated rings. The third-order valence-electron chi connectivity index (χ3n) is 6.51. The van der Waals surface area contributed by atoms with Gasteiger partial charge >= 0.3 is 7.60 Å². The van der Waals surface area contributed by atoms with E-state index in [4.69, 9.17) is 26.0 Å². The molecular weight excluding hydrogens is 541 g/mol. The second-order valence-corrected chi connectivity index (χ2v) is 11.5. The summed E-state index contributed by atoms with van der Waals surface area (Å²) in [5.41, 5.74) is 14.0. The SMILES string of the molecule is C[C@H](Cn1cnc2c(N)ncnc21)OCP(=O)(O)O.Nc1nc(NC2CC2)c2ncn([C@H]3C=C[C@@H](CO)C3)c2n1. The van der Waals surface area contributed by atoms with Crippen molar-refractivity contribution in [2.45, 2.75) is 50.9 Å². The number of aliphatic hydroxyl groups excluding tert-OH is 1. The second-order valence-electron chi connectivity index (χ2n) is 9.90. The highest BCUT2D eigenvalue weighted by Crippen LogP contribution is 2.35. The number of aromatic nitrogens is 8. The maximum Gasteiger partial charge on any atom is 0.350 e. The molecule has 0 aliphatic heterocycles. The number of allylic oxidation sites excluding steroid dienone is 1. The first-order valence-corrected chi connectivity index (χ1v) is 14.5. The quantitative estimate of drug-likeness (QED) is 0.121. The fourth-order valence-electron chi connectivity index (χ4n) is 4.38. The van der Waals surface area contributed by atoms with Gasteiger partial charge in [-0.2, -0.15) is 9.97 Å². The topological polar surface area (TPSA) is 238 Å². The Morgan fingerprint density at radius 3 is 2.58 bits per heavy atom. The number of aliphatic hydroxyl groups is 1. The third-order valence-corrected chi connectivity index (χ3v) is 6.99. The Bertz CT molecular complexity index is 1560. The van der Waals surface area contributed by atoms with Crippen molar-refractivity contribution in [3.63, 3.8) is 0 Å². The molecule has 2 aliphatic rings. The van der Waals surface area contributed by atoms with Gasteiger partial charge in [0.15, 0.2) is 28.4 Å². The molecule has 214 valence electrons. The minimum atomic E-state index is -4.16. The van der Waals surface area contributed by atoms with Crippen LogP contribution >= 0.6 is 7.60 Å². The number of fused-ring (bicyclic) bond motifs is 2. The summed E-state index contributed by atoms with van der Waals surface area (Å²) in [7, 11) is -4.16. The summed E-state index contributed by atoms with van der Waals surface area (Å²) in [5, 5.41) is 12.6. The molecule has 0 radical (unpaired) electrons. The Kier molecular flexibility index (Phi) is 7.96. The molecular formula is C23H32N11O5P. The van der Waals surface area contributed by atoms with E-state index in [2.05, 4.69) is 41.3 Å². The monoisotopic (exact) mass is 573 g/mol. The summed E-state index contributed by atoms with van der Waals surface area (Å²) in [6, 6.07) is 0.646. The van der Waals surface area contributed by atoms with Gasteiger partial charge in [-0.05, 0) is 26.2 Å². The smallest absolute Gasteiger partial charge is 0.350 e. The van der Waals surface area contributed by atoms with Crippen LogP contribution in [0.25, 0.3) is 22.3 Å². The molecule has 4 heterocycles. The van der Waals surface area contributed by atoms with Crippen molar-refractivity contribution in [2.75, 3.05) is 29.7 Å². The highest BCUT2D eigenvalue weighted by Gasteiger charge is 2.26. The van der Waals surface area contributed by atoms with Gasteiger partial charge in [0.1, 0.15) is 18.2 Å². The molecule has 0 unspecified atom stereocenters. The zero-order valence-electron chi connectivity index (χ0n) is 21.8. The number of rotatable bonds is 9. The minimum Gasteiger partial charge on any atom is -0.396 e. The molecule has 0 amide bonds. The zero-order valence-corrected chi connectivity index (χ0v) is 22.7. The van der Waals surface area contributed by atoms with Crippen molar-refractivity contribution in [3.05, 3.63) is 31.1 Å².